The monoisotopic (exact) mass is 412 g/mol. The van der Waals surface area contributed by atoms with Crippen LogP contribution < -0.4 is 0 Å². The number of benzene rings is 1. The van der Waals surface area contributed by atoms with Crippen LogP contribution in [0.25, 0.3) is 11.1 Å². The van der Waals surface area contributed by atoms with E-state index in [9.17, 15) is 18.8 Å². The van der Waals surface area contributed by atoms with Crippen LogP contribution in [0.5, 0.6) is 0 Å². The van der Waals surface area contributed by atoms with Gasteiger partial charge in [0.2, 0.25) is 0 Å². The van der Waals surface area contributed by atoms with Gasteiger partial charge in [0.1, 0.15) is 5.82 Å². The van der Waals surface area contributed by atoms with Crippen molar-refractivity contribution < 1.29 is 23.6 Å². The highest BCUT2D eigenvalue weighted by molar-refractivity contribution is 6.01. The molecule has 9 heteroatoms. The van der Waals surface area contributed by atoms with Crippen molar-refractivity contribution >= 4 is 17.9 Å². The van der Waals surface area contributed by atoms with Crippen LogP contribution in [0.4, 0.5) is 9.18 Å². The van der Waals surface area contributed by atoms with Gasteiger partial charge in [0.15, 0.2) is 0 Å². The van der Waals surface area contributed by atoms with E-state index >= 15 is 0 Å². The smallest absolute Gasteiger partial charge is 0.311 e. The molecule has 2 aromatic rings. The highest BCUT2D eigenvalue weighted by Gasteiger charge is 2.34. The molecule has 1 aromatic heterocycles. The van der Waals surface area contributed by atoms with E-state index in [1.165, 1.54) is 17.0 Å². The van der Waals surface area contributed by atoms with Crippen LogP contribution in [-0.2, 0) is 21.0 Å². The third kappa shape index (κ3) is 4.46. The Morgan fingerprint density at radius 1 is 1.00 bits per heavy atom. The summed E-state index contributed by atoms with van der Waals surface area (Å²) in [5.74, 6) is -1.26. The molecule has 0 saturated carbocycles. The van der Waals surface area contributed by atoms with Crippen molar-refractivity contribution in [1.29, 1.82) is 0 Å². The number of carbonyl (C=O) groups is 3. The van der Waals surface area contributed by atoms with Gasteiger partial charge in [0, 0.05) is 57.3 Å². The molecule has 3 amide bonds. The average molecular weight is 412 g/mol. The molecule has 8 nitrogen and oxygen atoms in total. The SMILES string of the molecule is O=C(ON1C(=O)CCC1=O)N1CCN(Cc2ccc(-c3cccc(F)c3)cn2)CC1. The number of pyridine rings is 1. The van der Waals surface area contributed by atoms with E-state index in [1.807, 2.05) is 18.2 Å². The minimum absolute atomic E-state index is 0.0743. The molecule has 0 atom stereocenters. The number of hydroxylamine groups is 2. The molecule has 0 spiro atoms. The van der Waals surface area contributed by atoms with Gasteiger partial charge >= 0.3 is 6.09 Å². The van der Waals surface area contributed by atoms with Gasteiger partial charge in [-0.1, -0.05) is 18.2 Å². The van der Waals surface area contributed by atoms with Gasteiger partial charge in [-0.05, 0) is 23.8 Å². The van der Waals surface area contributed by atoms with Crippen molar-refractivity contribution in [2.75, 3.05) is 26.2 Å². The highest BCUT2D eigenvalue weighted by Crippen LogP contribution is 2.20. The molecule has 30 heavy (non-hydrogen) atoms. The summed E-state index contributed by atoms with van der Waals surface area (Å²) in [6, 6.07) is 10.2. The molecule has 1 aromatic carbocycles. The zero-order chi connectivity index (χ0) is 21.1. The number of halogens is 1. The fourth-order valence-electron chi connectivity index (χ4n) is 3.47. The third-order valence-corrected chi connectivity index (χ3v) is 5.17. The molecule has 0 bridgehead atoms. The van der Waals surface area contributed by atoms with E-state index in [4.69, 9.17) is 4.84 Å². The van der Waals surface area contributed by atoms with Crippen LogP contribution >= 0.6 is 0 Å². The Bertz CT molecular complexity index is 942. The number of hydrogen-bond acceptors (Lipinski definition) is 6. The summed E-state index contributed by atoms with van der Waals surface area (Å²) in [5.41, 5.74) is 2.49. The number of amides is 3. The molecule has 2 fully saturated rings. The summed E-state index contributed by atoms with van der Waals surface area (Å²) in [5, 5.41) is 0.568. The fraction of sp³-hybridized carbons (Fsp3) is 0.333. The largest absolute Gasteiger partial charge is 0.434 e. The lowest BCUT2D eigenvalue weighted by atomic mass is 10.1. The van der Waals surface area contributed by atoms with E-state index in [2.05, 4.69) is 9.88 Å². The van der Waals surface area contributed by atoms with Crippen molar-refractivity contribution in [3.05, 3.63) is 54.1 Å². The highest BCUT2D eigenvalue weighted by atomic mass is 19.1. The topological polar surface area (TPSA) is 83.0 Å². The first kappa shape index (κ1) is 20.0. The number of hydrogen-bond donors (Lipinski definition) is 0. The van der Waals surface area contributed by atoms with Crippen LogP contribution in [0.2, 0.25) is 0 Å². The summed E-state index contributed by atoms with van der Waals surface area (Å²) in [6.45, 7) is 2.71. The quantitative estimate of drug-likeness (QED) is 0.716. The minimum Gasteiger partial charge on any atom is -0.311 e. The van der Waals surface area contributed by atoms with Crippen molar-refractivity contribution in [3.8, 4) is 11.1 Å². The summed E-state index contributed by atoms with van der Waals surface area (Å²) >= 11 is 0. The minimum atomic E-state index is -0.684. The Morgan fingerprint density at radius 2 is 1.73 bits per heavy atom. The number of aromatic nitrogens is 1. The Kier molecular flexibility index (Phi) is 5.71. The van der Waals surface area contributed by atoms with E-state index in [1.54, 1.807) is 12.3 Å². The maximum atomic E-state index is 13.4. The molecule has 0 N–H and O–H groups in total. The molecule has 0 radical (unpaired) electrons. The normalized spacial score (nSPS) is 17.5. The predicted molar refractivity (Wildman–Crippen MR) is 104 cm³/mol. The summed E-state index contributed by atoms with van der Waals surface area (Å²) in [7, 11) is 0. The second-order valence-electron chi connectivity index (χ2n) is 7.25. The third-order valence-electron chi connectivity index (χ3n) is 5.17. The second-order valence-corrected chi connectivity index (χ2v) is 7.25. The lowest BCUT2D eigenvalue weighted by Gasteiger charge is -2.34. The molecule has 2 saturated heterocycles. The maximum absolute atomic E-state index is 13.4. The van der Waals surface area contributed by atoms with Crippen molar-refractivity contribution in [1.82, 2.24) is 19.8 Å². The molecule has 2 aliphatic heterocycles. The summed E-state index contributed by atoms with van der Waals surface area (Å²) in [4.78, 5) is 48.4. The van der Waals surface area contributed by atoms with Crippen LogP contribution in [0, 0.1) is 5.82 Å². The van der Waals surface area contributed by atoms with Gasteiger partial charge in [0.25, 0.3) is 11.8 Å². The van der Waals surface area contributed by atoms with Crippen LogP contribution in [0.1, 0.15) is 18.5 Å². The zero-order valence-electron chi connectivity index (χ0n) is 16.3. The Morgan fingerprint density at radius 3 is 2.37 bits per heavy atom. The first-order chi connectivity index (χ1) is 14.5. The number of nitrogens with zero attached hydrogens (tertiary/aromatic N) is 4. The average Bonchev–Trinajstić information content (AvgIpc) is 3.07. The first-order valence-electron chi connectivity index (χ1n) is 9.75. The van der Waals surface area contributed by atoms with E-state index < -0.39 is 17.9 Å². The Balaban J connectivity index is 1.28. The van der Waals surface area contributed by atoms with Crippen LogP contribution in [0.15, 0.2) is 42.6 Å². The van der Waals surface area contributed by atoms with E-state index in [0.29, 0.717) is 37.8 Å². The molecular formula is C21H21FN4O4. The van der Waals surface area contributed by atoms with Gasteiger partial charge in [-0.15, -0.1) is 5.06 Å². The lowest BCUT2D eigenvalue weighted by Crippen LogP contribution is -2.50. The number of piperazine rings is 1. The zero-order valence-corrected chi connectivity index (χ0v) is 16.3. The molecule has 2 aliphatic rings. The van der Waals surface area contributed by atoms with Gasteiger partial charge in [-0.25, -0.2) is 9.18 Å². The van der Waals surface area contributed by atoms with Gasteiger partial charge in [0.05, 0.1) is 5.69 Å². The second kappa shape index (κ2) is 8.58. The first-order valence-corrected chi connectivity index (χ1v) is 9.75. The Labute approximate surface area is 172 Å². The molecule has 0 aliphatic carbocycles. The van der Waals surface area contributed by atoms with E-state index in [-0.39, 0.29) is 18.7 Å². The lowest BCUT2D eigenvalue weighted by molar-refractivity contribution is -0.174. The van der Waals surface area contributed by atoms with Gasteiger partial charge < -0.3 is 9.74 Å². The van der Waals surface area contributed by atoms with Gasteiger partial charge in [-0.3, -0.25) is 19.5 Å². The van der Waals surface area contributed by atoms with Crippen molar-refractivity contribution in [3.63, 3.8) is 0 Å². The fourth-order valence-corrected chi connectivity index (χ4v) is 3.47. The Hall–Kier alpha value is -3.33. The summed E-state index contributed by atoms with van der Waals surface area (Å²) in [6.07, 6.45) is 1.19. The number of carbonyl (C=O) groups excluding carboxylic acids is 3. The molecule has 156 valence electrons. The molecule has 0 unspecified atom stereocenters. The standard InChI is InChI=1S/C21H21FN4O4/c22-17-3-1-2-15(12-17)16-4-5-18(23-13-16)14-24-8-10-25(11-9-24)21(29)30-26-19(27)6-7-20(26)28/h1-5,12-13H,6-11,14H2. The molecular weight excluding hydrogens is 391 g/mol. The molecule has 3 heterocycles. The van der Waals surface area contributed by atoms with Crippen LogP contribution in [0.3, 0.4) is 0 Å². The van der Waals surface area contributed by atoms with E-state index in [0.717, 1.165) is 16.8 Å². The maximum Gasteiger partial charge on any atom is 0.434 e. The van der Waals surface area contributed by atoms with Crippen molar-refractivity contribution in [2.24, 2.45) is 0 Å². The van der Waals surface area contributed by atoms with Crippen molar-refractivity contribution in [2.45, 2.75) is 19.4 Å². The predicted octanol–water partition coefficient (Wildman–Crippen LogP) is 2.21. The number of rotatable bonds is 4. The number of imide groups is 1. The summed E-state index contributed by atoms with van der Waals surface area (Å²) < 4.78 is 13.4. The molecule has 4 rings (SSSR count). The van der Waals surface area contributed by atoms with Gasteiger partial charge in [-0.2, -0.15) is 0 Å². The van der Waals surface area contributed by atoms with Crippen LogP contribution in [-0.4, -0.2) is 63.9 Å².